The van der Waals surface area contributed by atoms with E-state index in [4.69, 9.17) is 5.26 Å². The average molecular weight is 326 g/mol. The van der Waals surface area contributed by atoms with Crippen LogP contribution in [0.15, 0.2) is 18.2 Å². The Bertz CT molecular complexity index is 572. The van der Waals surface area contributed by atoms with E-state index in [-0.39, 0.29) is 17.3 Å². The van der Waals surface area contributed by atoms with Crippen LogP contribution in [-0.4, -0.2) is 55.6 Å². The fourth-order valence-corrected chi connectivity index (χ4v) is 2.66. The molecule has 4 nitrogen and oxygen atoms in total. The van der Waals surface area contributed by atoms with Gasteiger partial charge in [-0.1, -0.05) is 0 Å². The Balaban J connectivity index is 2.05. The SMILES string of the molecule is C[C@@H](CNc1cc(C#N)ccc1C(F)(F)F)N1CCN(C)CC1. The summed E-state index contributed by atoms with van der Waals surface area (Å²) < 4.78 is 39.2. The highest BCUT2D eigenvalue weighted by molar-refractivity contribution is 5.57. The molecule has 7 heteroatoms. The molecule has 1 aliphatic heterocycles. The second kappa shape index (κ2) is 7.20. The van der Waals surface area contributed by atoms with E-state index < -0.39 is 11.7 Å². The molecule has 1 N–H and O–H groups in total. The topological polar surface area (TPSA) is 42.3 Å². The molecule has 1 aliphatic rings. The summed E-state index contributed by atoms with van der Waals surface area (Å²) in [6.45, 7) is 6.14. The Morgan fingerprint density at radius 2 is 1.91 bits per heavy atom. The number of likely N-dealkylation sites (N-methyl/N-ethyl adjacent to an activating group) is 1. The lowest BCUT2D eigenvalue weighted by Crippen LogP contribution is -2.49. The third-order valence-corrected chi connectivity index (χ3v) is 4.20. The Morgan fingerprint density at radius 1 is 1.26 bits per heavy atom. The molecule has 0 spiro atoms. The number of anilines is 1. The molecular formula is C16H21F3N4. The summed E-state index contributed by atoms with van der Waals surface area (Å²) in [5.74, 6) is 0. The molecule has 1 saturated heterocycles. The van der Waals surface area contributed by atoms with Crippen molar-refractivity contribution in [3.63, 3.8) is 0 Å². The van der Waals surface area contributed by atoms with Gasteiger partial charge in [0.1, 0.15) is 0 Å². The summed E-state index contributed by atoms with van der Waals surface area (Å²) >= 11 is 0. The van der Waals surface area contributed by atoms with Gasteiger partial charge in [-0.2, -0.15) is 18.4 Å². The highest BCUT2D eigenvalue weighted by atomic mass is 19.4. The maximum absolute atomic E-state index is 13.1. The van der Waals surface area contributed by atoms with Crippen LogP contribution in [0.25, 0.3) is 0 Å². The molecule has 23 heavy (non-hydrogen) atoms. The second-order valence-corrected chi connectivity index (χ2v) is 5.94. The van der Waals surface area contributed by atoms with Gasteiger partial charge < -0.3 is 10.2 Å². The van der Waals surface area contributed by atoms with Crippen molar-refractivity contribution in [2.24, 2.45) is 0 Å². The molecule has 0 aromatic heterocycles. The summed E-state index contributed by atoms with van der Waals surface area (Å²) in [4.78, 5) is 4.49. The summed E-state index contributed by atoms with van der Waals surface area (Å²) in [5, 5.41) is 11.8. The van der Waals surface area contributed by atoms with Crippen LogP contribution in [-0.2, 0) is 6.18 Å². The van der Waals surface area contributed by atoms with Crippen molar-refractivity contribution in [2.45, 2.75) is 19.1 Å². The normalized spacial score (nSPS) is 18.4. The van der Waals surface area contributed by atoms with Gasteiger partial charge in [0.05, 0.1) is 17.2 Å². The van der Waals surface area contributed by atoms with E-state index in [2.05, 4.69) is 22.2 Å². The van der Waals surface area contributed by atoms with Crippen molar-refractivity contribution < 1.29 is 13.2 Å². The quantitative estimate of drug-likeness (QED) is 0.924. The van der Waals surface area contributed by atoms with E-state index in [0.29, 0.717) is 6.54 Å². The van der Waals surface area contributed by atoms with Crippen molar-refractivity contribution in [2.75, 3.05) is 45.1 Å². The van der Waals surface area contributed by atoms with Gasteiger partial charge in [-0.25, -0.2) is 0 Å². The molecule has 1 heterocycles. The van der Waals surface area contributed by atoms with Crippen molar-refractivity contribution in [1.82, 2.24) is 9.80 Å². The van der Waals surface area contributed by atoms with Crippen LogP contribution in [0, 0.1) is 11.3 Å². The van der Waals surface area contributed by atoms with E-state index in [1.54, 1.807) is 0 Å². The second-order valence-electron chi connectivity index (χ2n) is 5.94. The van der Waals surface area contributed by atoms with Crippen LogP contribution in [0.1, 0.15) is 18.1 Å². The van der Waals surface area contributed by atoms with E-state index in [9.17, 15) is 13.2 Å². The van der Waals surface area contributed by atoms with Gasteiger partial charge in [-0.3, -0.25) is 4.90 Å². The summed E-state index contributed by atoms with van der Waals surface area (Å²) in [6.07, 6.45) is -4.44. The third kappa shape index (κ3) is 4.60. The molecule has 0 amide bonds. The number of benzene rings is 1. The lowest BCUT2D eigenvalue weighted by atomic mass is 10.1. The van der Waals surface area contributed by atoms with Gasteiger partial charge in [-0.05, 0) is 32.2 Å². The number of halogens is 3. The third-order valence-electron chi connectivity index (χ3n) is 4.20. The number of nitrogens with zero attached hydrogens (tertiary/aromatic N) is 3. The first-order valence-corrected chi connectivity index (χ1v) is 7.59. The number of alkyl halides is 3. The van der Waals surface area contributed by atoms with Crippen LogP contribution in [0.2, 0.25) is 0 Å². The maximum atomic E-state index is 13.1. The Morgan fingerprint density at radius 3 is 2.48 bits per heavy atom. The molecule has 126 valence electrons. The first kappa shape index (κ1) is 17.6. The molecular weight excluding hydrogens is 305 g/mol. The minimum absolute atomic E-state index is 0.0301. The van der Waals surface area contributed by atoms with Crippen molar-refractivity contribution in [3.8, 4) is 6.07 Å². The van der Waals surface area contributed by atoms with Gasteiger partial charge >= 0.3 is 6.18 Å². The average Bonchev–Trinajstić information content (AvgIpc) is 2.52. The number of nitriles is 1. The van der Waals surface area contributed by atoms with Crippen LogP contribution < -0.4 is 5.32 Å². The standard InChI is InChI=1S/C16H21F3N4/c1-12(23-7-5-22(2)6-8-23)11-21-15-9-13(10-20)3-4-14(15)16(17,18)19/h3-4,9,12,21H,5-8,11H2,1-2H3/t12-/m0/s1. The first-order valence-electron chi connectivity index (χ1n) is 7.59. The minimum Gasteiger partial charge on any atom is -0.383 e. The van der Waals surface area contributed by atoms with E-state index in [0.717, 1.165) is 32.2 Å². The lowest BCUT2D eigenvalue weighted by Gasteiger charge is -2.36. The minimum atomic E-state index is -4.44. The highest BCUT2D eigenvalue weighted by Gasteiger charge is 2.33. The van der Waals surface area contributed by atoms with Gasteiger partial charge in [0.15, 0.2) is 0 Å². The zero-order valence-electron chi connectivity index (χ0n) is 13.3. The maximum Gasteiger partial charge on any atom is 0.418 e. The molecule has 0 aliphatic carbocycles. The number of hydrogen-bond acceptors (Lipinski definition) is 4. The summed E-state index contributed by atoms with van der Waals surface area (Å²) in [7, 11) is 2.06. The largest absolute Gasteiger partial charge is 0.418 e. The van der Waals surface area contributed by atoms with Crippen LogP contribution in [0.5, 0.6) is 0 Å². The van der Waals surface area contributed by atoms with Crippen LogP contribution in [0.3, 0.4) is 0 Å². The zero-order valence-corrected chi connectivity index (χ0v) is 13.3. The smallest absolute Gasteiger partial charge is 0.383 e. The molecule has 1 atom stereocenters. The Labute approximate surface area is 134 Å². The number of nitrogens with one attached hydrogen (secondary N) is 1. The highest BCUT2D eigenvalue weighted by Crippen LogP contribution is 2.35. The molecule has 2 rings (SSSR count). The molecule has 1 fully saturated rings. The molecule has 1 aromatic carbocycles. The van der Waals surface area contributed by atoms with Crippen molar-refractivity contribution >= 4 is 5.69 Å². The first-order chi connectivity index (χ1) is 10.8. The zero-order chi connectivity index (χ0) is 17.0. The number of rotatable bonds is 4. The van der Waals surface area contributed by atoms with E-state index >= 15 is 0 Å². The molecule has 0 radical (unpaired) electrons. The fourth-order valence-electron chi connectivity index (χ4n) is 2.66. The van der Waals surface area contributed by atoms with E-state index in [1.807, 2.05) is 13.0 Å². The molecule has 0 bridgehead atoms. The lowest BCUT2D eigenvalue weighted by molar-refractivity contribution is -0.137. The van der Waals surface area contributed by atoms with Crippen molar-refractivity contribution in [1.29, 1.82) is 5.26 Å². The Kier molecular flexibility index (Phi) is 5.50. The van der Waals surface area contributed by atoms with Crippen molar-refractivity contribution in [3.05, 3.63) is 29.3 Å². The van der Waals surface area contributed by atoms with Gasteiger partial charge in [0, 0.05) is 44.5 Å². The van der Waals surface area contributed by atoms with Crippen LogP contribution >= 0.6 is 0 Å². The van der Waals surface area contributed by atoms with Gasteiger partial charge in [0.25, 0.3) is 0 Å². The summed E-state index contributed by atoms with van der Waals surface area (Å²) in [6, 6.07) is 5.41. The van der Waals surface area contributed by atoms with Gasteiger partial charge in [-0.15, -0.1) is 0 Å². The molecule has 1 aromatic rings. The fraction of sp³-hybridized carbons (Fsp3) is 0.562. The van der Waals surface area contributed by atoms with Crippen LogP contribution in [0.4, 0.5) is 18.9 Å². The predicted octanol–water partition coefficient (Wildman–Crippen LogP) is 2.62. The van der Waals surface area contributed by atoms with E-state index in [1.165, 1.54) is 12.1 Å². The Hall–Kier alpha value is -1.78. The number of piperazine rings is 1. The number of hydrogen-bond donors (Lipinski definition) is 1. The monoisotopic (exact) mass is 326 g/mol. The van der Waals surface area contributed by atoms with Gasteiger partial charge in [0.2, 0.25) is 0 Å². The summed E-state index contributed by atoms with van der Waals surface area (Å²) in [5.41, 5.74) is -0.549. The molecule has 0 saturated carbocycles. The predicted molar refractivity (Wildman–Crippen MR) is 83.2 cm³/mol. The molecule has 0 unspecified atom stereocenters.